The molecule has 2 aromatic carbocycles. The van der Waals surface area contributed by atoms with Crippen molar-refractivity contribution in [1.29, 1.82) is 0 Å². The van der Waals surface area contributed by atoms with Gasteiger partial charge in [0.05, 0.1) is 14.2 Å². The third-order valence-electron chi connectivity index (χ3n) is 5.19. The van der Waals surface area contributed by atoms with Gasteiger partial charge in [0.2, 0.25) is 0 Å². The molecule has 2 amide bonds. The quantitative estimate of drug-likeness (QED) is 0.384. The maximum Gasteiger partial charge on any atom is 0.260 e. The van der Waals surface area contributed by atoms with Gasteiger partial charge in [0.15, 0.2) is 35.2 Å². The van der Waals surface area contributed by atoms with Gasteiger partial charge in [-0.05, 0) is 51.0 Å². The number of ether oxygens (including phenoxy) is 4. The molecule has 2 rings (SSSR count). The molecule has 8 nitrogen and oxygen atoms in total. The number of methoxy groups -OCH3 is 2. The molecule has 2 N–H and O–H groups in total. The number of carbonyl (C=O) groups is 2. The zero-order chi connectivity index (χ0) is 24.8. The smallest absolute Gasteiger partial charge is 0.260 e. The number of hydrogen-bond acceptors (Lipinski definition) is 6. The molecule has 0 radical (unpaired) electrons. The zero-order valence-electron chi connectivity index (χ0n) is 20.5. The number of amides is 2. The van der Waals surface area contributed by atoms with E-state index in [9.17, 15) is 9.59 Å². The topological polar surface area (TPSA) is 95.1 Å². The molecule has 2 atom stereocenters. The van der Waals surface area contributed by atoms with Gasteiger partial charge >= 0.3 is 0 Å². The number of benzene rings is 2. The van der Waals surface area contributed by atoms with E-state index in [1.165, 1.54) is 0 Å². The molecule has 0 bridgehead atoms. The van der Waals surface area contributed by atoms with Crippen molar-refractivity contribution >= 4 is 11.8 Å². The van der Waals surface area contributed by atoms with Crippen LogP contribution in [0.4, 0.5) is 0 Å². The highest BCUT2D eigenvalue weighted by atomic mass is 16.5. The van der Waals surface area contributed by atoms with Crippen LogP contribution in [0, 0.1) is 0 Å². The summed E-state index contributed by atoms with van der Waals surface area (Å²) in [6, 6.07) is 14.5. The minimum absolute atomic E-state index is 0.165. The Balaban J connectivity index is 1.55. The fourth-order valence-electron chi connectivity index (χ4n) is 3.23. The molecule has 0 saturated heterocycles. The van der Waals surface area contributed by atoms with Crippen LogP contribution in [-0.2, 0) is 9.59 Å². The normalized spacial score (nSPS) is 12.2. The first kappa shape index (κ1) is 26.8. The lowest BCUT2D eigenvalue weighted by Gasteiger charge is -2.17. The van der Waals surface area contributed by atoms with E-state index in [-0.39, 0.29) is 11.8 Å². The first-order valence-corrected chi connectivity index (χ1v) is 11.6. The Morgan fingerprint density at radius 2 is 1.00 bits per heavy atom. The Morgan fingerprint density at radius 3 is 1.35 bits per heavy atom. The Hall–Kier alpha value is -3.42. The second-order valence-corrected chi connectivity index (χ2v) is 7.82. The first-order chi connectivity index (χ1) is 16.5. The molecule has 0 aliphatic heterocycles. The Morgan fingerprint density at radius 1 is 0.647 bits per heavy atom. The second kappa shape index (κ2) is 14.7. The third-order valence-corrected chi connectivity index (χ3v) is 5.19. The van der Waals surface area contributed by atoms with Gasteiger partial charge in [0.25, 0.3) is 11.8 Å². The van der Waals surface area contributed by atoms with Crippen LogP contribution in [0.1, 0.15) is 39.5 Å². The Kier molecular flexibility index (Phi) is 11.6. The Labute approximate surface area is 201 Å². The SMILES string of the molecule is COc1ccccc1OC(C)C(=O)NCCCCCCNC(=O)C(C)Oc1ccccc1OC. The van der Waals surface area contributed by atoms with Crippen molar-refractivity contribution < 1.29 is 28.5 Å². The molecule has 34 heavy (non-hydrogen) atoms. The van der Waals surface area contributed by atoms with E-state index in [4.69, 9.17) is 18.9 Å². The molecule has 0 aliphatic rings. The van der Waals surface area contributed by atoms with E-state index < -0.39 is 12.2 Å². The van der Waals surface area contributed by atoms with Gasteiger partial charge in [-0.3, -0.25) is 9.59 Å². The van der Waals surface area contributed by atoms with E-state index in [0.717, 1.165) is 25.7 Å². The first-order valence-electron chi connectivity index (χ1n) is 11.6. The van der Waals surface area contributed by atoms with Crippen LogP contribution < -0.4 is 29.6 Å². The number of carbonyl (C=O) groups excluding carboxylic acids is 2. The lowest BCUT2D eigenvalue weighted by Crippen LogP contribution is -2.37. The highest BCUT2D eigenvalue weighted by molar-refractivity contribution is 5.81. The monoisotopic (exact) mass is 472 g/mol. The van der Waals surface area contributed by atoms with Crippen molar-refractivity contribution in [2.24, 2.45) is 0 Å². The van der Waals surface area contributed by atoms with Crippen molar-refractivity contribution in [3.8, 4) is 23.0 Å². The number of hydrogen-bond donors (Lipinski definition) is 2. The van der Waals surface area contributed by atoms with Crippen LogP contribution in [0.25, 0.3) is 0 Å². The summed E-state index contributed by atoms with van der Waals surface area (Å²) >= 11 is 0. The van der Waals surface area contributed by atoms with Crippen LogP contribution in [0.5, 0.6) is 23.0 Å². The summed E-state index contributed by atoms with van der Waals surface area (Å²) in [5.41, 5.74) is 0. The minimum Gasteiger partial charge on any atom is -0.493 e. The summed E-state index contributed by atoms with van der Waals surface area (Å²) in [5, 5.41) is 5.79. The van der Waals surface area contributed by atoms with Gasteiger partial charge in [-0.1, -0.05) is 37.1 Å². The predicted octanol–water partition coefficient (Wildman–Crippen LogP) is 3.73. The van der Waals surface area contributed by atoms with Crippen molar-refractivity contribution in [3.05, 3.63) is 48.5 Å². The standard InChI is InChI=1S/C26H36N2O6/c1-19(33-23-15-9-7-13-21(23)31-3)25(29)27-17-11-5-6-12-18-28-26(30)20(2)34-24-16-10-8-14-22(24)32-4/h7-10,13-16,19-20H,5-6,11-12,17-18H2,1-4H3,(H,27,29)(H,28,30). The van der Waals surface area contributed by atoms with E-state index >= 15 is 0 Å². The maximum atomic E-state index is 12.2. The average molecular weight is 473 g/mol. The van der Waals surface area contributed by atoms with Crippen LogP contribution >= 0.6 is 0 Å². The molecule has 186 valence electrons. The predicted molar refractivity (Wildman–Crippen MR) is 131 cm³/mol. The summed E-state index contributed by atoms with van der Waals surface area (Å²) in [7, 11) is 3.13. The minimum atomic E-state index is -0.619. The maximum absolute atomic E-state index is 12.2. The van der Waals surface area contributed by atoms with E-state index in [0.29, 0.717) is 36.1 Å². The molecule has 0 aliphatic carbocycles. The van der Waals surface area contributed by atoms with Gasteiger partial charge < -0.3 is 29.6 Å². The van der Waals surface area contributed by atoms with Gasteiger partial charge in [0, 0.05) is 13.1 Å². The van der Waals surface area contributed by atoms with Crippen molar-refractivity contribution in [2.45, 2.75) is 51.7 Å². The molecule has 0 saturated carbocycles. The molecule has 0 aromatic heterocycles. The number of nitrogens with one attached hydrogen (secondary N) is 2. The van der Waals surface area contributed by atoms with E-state index in [1.807, 2.05) is 24.3 Å². The Bertz CT molecular complexity index is 831. The van der Waals surface area contributed by atoms with Gasteiger partial charge in [-0.15, -0.1) is 0 Å². The van der Waals surface area contributed by atoms with Crippen LogP contribution in [0.15, 0.2) is 48.5 Å². The van der Waals surface area contributed by atoms with Gasteiger partial charge in [-0.25, -0.2) is 0 Å². The molecule has 2 aromatic rings. The second-order valence-electron chi connectivity index (χ2n) is 7.82. The van der Waals surface area contributed by atoms with Crippen molar-refractivity contribution in [1.82, 2.24) is 10.6 Å². The summed E-state index contributed by atoms with van der Waals surface area (Å²) in [6.07, 6.45) is 2.37. The summed E-state index contributed by atoms with van der Waals surface area (Å²) in [6.45, 7) is 4.58. The number of unbranched alkanes of at least 4 members (excludes halogenated alkanes) is 3. The van der Waals surface area contributed by atoms with E-state index in [1.54, 1.807) is 52.3 Å². The van der Waals surface area contributed by atoms with E-state index in [2.05, 4.69) is 10.6 Å². The summed E-state index contributed by atoms with van der Waals surface area (Å²) < 4.78 is 21.9. The molecular weight excluding hydrogens is 436 g/mol. The van der Waals surface area contributed by atoms with Crippen LogP contribution in [0.3, 0.4) is 0 Å². The lowest BCUT2D eigenvalue weighted by molar-refractivity contribution is -0.128. The lowest BCUT2D eigenvalue weighted by atomic mass is 10.2. The molecule has 8 heteroatoms. The molecule has 0 spiro atoms. The molecular formula is C26H36N2O6. The number of rotatable bonds is 15. The highest BCUT2D eigenvalue weighted by Crippen LogP contribution is 2.27. The molecule has 2 unspecified atom stereocenters. The van der Waals surface area contributed by atoms with Crippen LogP contribution in [-0.4, -0.2) is 51.3 Å². The summed E-state index contributed by atoms with van der Waals surface area (Å²) in [5.74, 6) is 1.93. The molecule has 0 fully saturated rings. The van der Waals surface area contributed by atoms with Crippen molar-refractivity contribution in [3.63, 3.8) is 0 Å². The van der Waals surface area contributed by atoms with Crippen LogP contribution in [0.2, 0.25) is 0 Å². The fourth-order valence-corrected chi connectivity index (χ4v) is 3.23. The molecule has 0 heterocycles. The zero-order valence-corrected chi connectivity index (χ0v) is 20.5. The average Bonchev–Trinajstić information content (AvgIpc) is 2.85. The van der Waals surface area contributed by atoms with Crippen molar-refractivity contribution in [2.75, 3.05) is 27.3 Å². The van der Waals surface area contributed by atoms with Gasteiger partial charge in [-0.2, -0.15) is 0 Å². The highest BCUT2D eigenvalue weighted by Gasteiger charge is 2.17. The largest absolute Gasteiger partial charge is 0.493 e. The van der Waals surface area contributed by atoms with Gasteiger partial charge in [0.1, 0.15) is 0 Å². The summed E-state index contributed by atoms with van der Waals surface area (Å²) in [4.78, 5) is 24.5. The third kappa shape index (κ3) is 8.84. The fraction of sp³-hybridized carbons (Fsp3) is 0.462. The number of para-hydroxylation sites is 4.